The number of hydrogen-bond acceptors (Lipinski definition) is 1. The zero-order valence-electron chi connectivity index (χ0n) is 11.5. The second-order valence-electron chi connectivity index (χ2n) is 5.66. The summed E-state index contributed by atoms with van der Waals surface area (Å²) < 4.78 is 0. The Labute approximate surface area is 105 Å². The van der Waals surface area contributed by atoms with Crippen molar-refractivity contribution < 1.29 is 0 Å². The quantitative estimate of drug-likeness (QED) is 0.818. The minimum absolute atomic E-state index is 0.0573. The van der Waals surface area contributed by atoms with Crippen molar-refractivity contribution in [3.63, 3.8) is 0 Å². The van der Waals surface area contributed by atoms with Gasteiger partial charge in [-0.15, -0.1) is 0 Å². The van der Waals surface area contributed by atoms with E-state index in [2.05, 4.69) is 32.9 Å². The van der Waals surface area contributed by atoms with E-state index in [1.807, 2.05) is 0 Å². The van der Waals surface area contributed by atoms with E-state index in [9.17, 15) is 0 Å². The minimum atomic E-state index is -0.0573. The van der Waals surface area contributed by atoms with Crippen molar-refractivity contribution in [2.75, 3.05) is 0 Å². The van der Waals surface area contributed by atoms with E-state index in [1.54, 1.807) is 0 Å². The van der Waals surface area contributed by atoms with Gasteiger partial charge in [-0.05, 0) is 55.4 Å². The maximum atomic E-state index is 6.67. The molecule has 2 rings (SSSR count). The third kappa shape index (κ3) is 2.40. The first-order valence-electron chi connectivity index (χ1n) is 6.96. The highest BCUT2D eigenvalue weighted by molar-refractivity contribution is 5.42. The molecule has 1 aliphatic carbocycles. The first-order valence-corrected chi connectivity index (χ1v) is 6.96. The summed E-state index contributed by atoms with van der Waals surface area (Å²) in [7, 11) is 0. The van der Waals surface area contributed by atoms with E-state index in [-0.39, 0.29) is 5.54 Å². The van der Waals surface area contributed by atoms with Gasteiger partial charge in [0.1, 0.15) is 0 Å². The normalized spacial score (nSPS) is 19.3. The first kappa shape index (κ1) is 12.6. The SMILES string of the molecule is CCc1cc(C)c(C)c(C2(N)CCCCC2)c1. The second kappa shape index (κ2) is 4.81. The summed E-state index contributed by atoms with van der Waals surface area (Å²) in [6.07, 6.45) is 7.33. The van der Waals surface area contributed by atoms with Crippen LogP contribution in [0.4, 0.5) is 0 Å². The summed E-state index contributed by atoms with van der Waals surface area (Å²) in [4.78, 5) is 0. The molecule has 0 amide bonds. The average molecular weight is 231 g/mol. The van der Waals surface area contributed by atoms with Crippen molar-refractivity contribution in [3.05, 3.63) is 34.4 Å². The topological polar surface area (TPSA) is 26.0 Å². The molecule has 1 aromatic rings. The summed E-state index contributed by atoms with van der Waals surface area (Å²) >= 11 is 0. The number of benzene rings is 1. The molecule has 1 saturated carbocycles. The van der Waals surface area contributed by atoms with E-state index in [0.717, 1.165) is 19.3 Å². The molecule has 0 saturated heterocycles. The lowest BCUT2D eigenvalue weighted by atomic mass is 9.74. The van der Waals surface area contributed by atoms with E-state index >= 15 is 0 Å². The molecule has 1 aliphatic rings. The van der Waals surface area contributed by atoms with Crippen molar-refractivity contribution >= 4 is 0 Å². The predicted molar refractivity (Wildman–Crippen MR) is 74.2 cm³/mol. The second-order valence-corrected chi connectivity index (χ2v) is 5.66. The summed E-state index contributed by atoms with van der Waals surface area (Å²) in [5.74, 6) is 0. The number of hydrogen-bond donors (Lipinski definition) is 1. The van der Waals surface area contributed by atoms with Crippen molar-refractivity contribution in [1.82, 2.24) is 0 Å². The molecular weight excluding hydrogens is 206 g/mol. The molecule has 1 heteroatoms. The molecule has 0 heterocycles. The standard InChI is InChI=1S/C16H25N/c1-4-14-10-12(2)13(3)15(11-14)16(17)8-6-5-7-9-16/h10-11H,4-9,17H2,1-3H3. The molecule has 0 aliphatic heterocycles. The molecule has 0 spiro atoms. The van der Waals surface area contributed by atoms with Crippen LogP contribution in [0.3, 0.4) is 0 Å². The Kier molecular flexibility index (Phi) is 3.58. The van der Waals surface area contributed by atoms with Crippen LogP contribution < -0.4 is 5.73 Å². The lowest BCUT2D eigenvalue weighted by Gasteiger charge is -2.36. The van der Waals surface area contributed by atoms with Gasteiger partial charge in [0.15, 0.2) is 0 Å². The van der Waals surface area contributed by atoms with Crippen LogP contribution in [0.5, 0.6) is 0 Å². The number of nitrogens with two attached hydrogens (primary N) is 1. The van der Waals surface area contributed by atoms with Gasteiger partial charge in [-0.1, -0.05) is 38.3 Å². The Morgan fingerprint density at radius 1 is 1.12 bits per heavy atom. The fourth-order valence-electron chi connectivity index (χ4n) is 3.11. The molecule has 1 fully saturated rings. The lowest BCUT2D eigenvalue weighted by molar-refractivity contribution is 0.301. The third-order valence-electron chi connectivity index (χ3n) is 4.42. The Hall–Kier alpha value is -0.820. The van der Waals surface area contributed by atoms with Crippen LogP contribution in [0.1, 0.15) is 61.3 Å². The Balaban J connectivity index is 2.45. The maximum Gasteiger partial charge on any atom is 0.0412 e. The van der Waals surface area contributed by atoms with Gasteiger partial charge in [-0.2, -0.15) is 0 Å². The summed E-state index contributed by atoms with van der Waals surface area (Å²) in [6, 6.07) is 4.67. The van der Waals surface area contributed by atoms with Gasteiger partial charge < -0.3 is 5.73 Å². The molecule has 0 unspecified atom stereocenters. The van der Waals surface area contributed by atoms with Crippen LogP contribution in [-0.4, -0.2) is 0 Å². The van der Waals surface area contributed by atoms with Crippen LogP contribution in [-0.2, 0) is 12.0 Å². The van der Waals surface area contributed by atoms with Gasteiger partial charge in [0, 0.05) is 5.54 Å². The Bertz CT molecular complexity index is 400. The molecule has 0 bridgehead atoms. The van der Waals surface area contributed by atoms with Gasteiger partial charge in [-0.25, -0.2) is 0 Å². The van der Waals surface area contributed by atoms with Crippen LogP contribution in [0.25, 0.3) is 0 Å². The minimum Gasteiger partial charge on any atom is -0.321 e. The summed E-state index contributed by atoms with van der Waals surface area (Å²) in [5, 5.41) is 0. The van der Waals surface area contributed by atoms with E-state index in [4.69, 9.17) is 5.73 Å². The molecule has 0 radical (unpaired) electrons. The van der Waals surface area contributed by atoms with Crippen molar-refractivity contribution in [1.29, 1.82) is 0 Å². The van der Waals surface area contributed by atoms with E-state index < -0.39 is 0 Å². The third-order valence-corrected chi connectivity index (χ3v) is 4.42. The summed E-state index contributed by atoms with van der Waals surface area (Å²) in [6.45, 7) is 6.66. The van der Waals surface area contributed by atoms with Gasteiger partial charge in [-0.3, -0.25) is 0 Å². The fourth-order valence-corrected chi connectivity index (χ4v) is 3.11. The van der Waals surface area contributed by atoms with Crippen LogP contribution in [0.15, 0.2) is 12.1 Å². The van der Waals surface area contributed by atoms with Crippen molar-refractivity contribution in [2.45, 2.75) is 64.8 Å². The van der Waals surface area contributed by atoms with Gasteiger partial charge >= 0.3 is 0 Å². The highest BCUT2D eigenvalue weighted by Crippen LogP contribution is 2.37. The maximum absolute atomic E-state index is 6.67. The highest BCUT2D eigenvalue weighted by Gasteiger charge is 2.31. The summed E-state index contributed by atoms with van der Waals surface area (Å²) in [5.41, 5.74) is 12.3. The largest absolute Gasteiger partial charge is 0.321 e. The van der Waals surface area contributed by atoms with E-state index in [0.29, 0.717) is 0 Å². The molecule has 0 atom stereocenters. The zero-order valence-corrected chi connectivity index (χ0v) is 11.5. The van der Waals surface area contributed by atoms with Crippen molar-refractivity contribution in [2.24, 2.45) is 5.73 Å². The molecular formula is C16H25N. The van der Waals surface area contributed by atoms with Crippen LogP contribution in [0, 0.1) is 13.8 Å². The molecule has 1 nitrogen and oxygen atoms in total. The monoisotopic (exact) mass is 231 g/mol. The van der Waals surface area contributed by atoms with E-state index in [1.165, 1.54) is 41.5 Å². The average Bonchev–Trinajstić information content (AvgIpc) is 2.33. The first-order chi connectivity index (χ1) is 8.07. The molecule has 2 N–H and O–H groups in total. The molecule has 1 aromatic carbocycles. The van der Waals surface area contributed by atoms with Gasteiger partial charge in [0.25, 0.3) is 0 Å². The van der Waals surface area contributed by atoms with Crippen LogP contribution >= 0.6 is 0 Å². The van der Waals surface area contributed by atoms with Crippen molar-refractivity contribution in [3.8, 4) is 0 Å². The smallest absolute Gasteiger partial charge is 0.0412 e. The highest BCUT2D eigenvalue weighted by atomic mass is 14.7. The Morgan fingerprint density at radius 3 is 2.35 bits per heavy atom. The van der Waals surface area contributed by atoms with Gasteiger partial charge in [0.05, 0.1) is 0 Å². The Morgan fingerprint density at radius 2 is 1.76 bits per heavy atom. The lowest BCUT2D eigenvalue weighted by Crippen LogP contribution is -2.39. The molecule has 94 valence electrons. The molecule has 0 aromatic heterocycles. The van der Waals surface area contributed by atoms with Crippen LogP contribution in [0.2, 0.25) is 0 Å². The number of aryl methyl sites for hydroxylation is 2. The van der Waals surface area contributed by atoms with Gasteiger partial charge in [0.2, 0.25) is 0 Å². The fraction of sp³-hybridized carbons (Fsp3) is 0.625. The predicted octanol–water partition coefficient (Wildman–Crippen LogP) is 3.98. The molecule has 17 heavy (non-hydrogen) atoms. The number of rotatable bonds is 2. The zero-order chi connectivity index (χ0) is 12.5.